The summed E-state index contributed by atoms with van der Waals surface area (Å²) >= 11 is 0. The van der Waals surface area contributed by atoms with E-state index in [1.54, 1.807) is 24.3 Å². The van der Waals surface area contributed by atoms with E-state index < -0.39 is 47.3 Å². The van der Waals surface area contributed by atoms with Crippen molar-refractivity contribution in [1.82, 2.24) is 5.32 Å². The van der Waals surface area contributed by atoms with Gasteiger partial charge in [0.05, 0.1) is 29.4 Å². The molecule has 2 aromatic rings. The monoisotopic (exact) mass is 389 g/mol. The summed E-state index contributed by atoms with van der Waals surface area (Å²) in [7, 11) is 0. The third-order valence-electron chi connectivity index (χ3n) is 5.83. The van der Waals surface area contributed by atoms with Crippen molar-refractivity contribution in [2.75, 3.05) is 10.2 Å². The average molecular weight is 389 g/mol. The van der Waals surface area contributed by atoms with Crippen LogP contribution in [0.15, 0.2) is 54.6 Å². The van der Waals surface area contributed by atoms with Gasteiger partial charge in [-0.2, -0.15) is 0 Å². The summed E-state index contributed by atoms with van der Waals surface area (Å²) in [5.41, 5.74) is 1.33. The summed E-state index contributed by atoms with van der Waals surface area (Å²) in [4.78, 5) is 62.7. The molecule has 5 amide bonds. The first kappa shape index (κ1) is 17.3. The number of rotatable bonds is 3. The van der Waals surface area contributed by atoms with Gasteiger partial charge in [0.15, 0.2) is 0 Å². The summed E-state index contributed by atoms with van der Waals surface area (Å²) in [6.45, 7) is 0. The molecular formula is C21H15N3O5. The van der Waals surface area contributed by atoms with Crippen LogP contribution in [0.3, 0.4) is 0 Å². The lowest BCUT2D eigenvalue weighted by molar-refractivity contribution is -0.146. The highest BCUT2D eigenvalue weighted by Crippen LogP contribution is 2.54. The van der Waals surface area contributed by atoms with Gasteiger partial charge in [-0.1, -0.05) is 18.2 Å². The second kappa shape index (κ2) is 6.10. The van der Waals surface area contributed by atoms with Crippen LogP contribution in [-0.4, -0.2) is 29.5 Å². The van der Waals surface area contributed by atoms with Crippen molar-refractivity contribution in [3.05, 3.63) is 60.2 Å². The highest BCUT2D eigenvalue weighted by Gasteiger charge is 2.71. The number of hydrogen-bond donors (Lipinski definition) is 2. The lowest BCUT2D eigenvalue weighted by Crippen LogP contribution is -2.50. The molecule has 4 unspecified atom stereocenters. The molecular weight excluding hydrogens is 374 g/mol. The standard InChI is InChI=1S/C21H15N3O5/c25-17(22-11-4-2-1-3-5-11)10-6-8-12(9-7-10)24-20(28)15-13-14(16(15)21(24)29)19(27)23-18(13)26/h1-9,13-16H,(H,22,25)(H,23,26,27). The number of anilines is 2. The number of nitrogens with zero attached hydrogens (tertiary/aromatic N) is 1. The normalized spacial score (nSPS) is 27.2. The largest absolute Gasteiger partial charge is 0.322 e. The van der Waals surface area contributed by atoms with Gasteiger partial charge in [-0.15, -0.1) is 0 Å². The lowest BCUT2D eigenvalue weighted by atomic mass is 9.59. The number of para-hydroxylation sites is 1. The number of nitrogens with one attached hydrogen (secondary N) is 2. The molecule has 0 radical (unpaired) electrons. The number of fused-ring (bicyclic) bond motifs is 4. The molecule has 144 valence electrons. The minimum atomic E-state index is -0.792. The van der Waals surface area contributed by atoms with Crippen LogP contribution < -0.4 is 15.5 Å². The van der Waals surface area contributed by atoms with Crippen LogP contribution in [-0.2, 0) is 19.2 Å². The van der Waals surface area contributed by atoms with Crippen LogP contribution in [0.5, 0.6) is 0 Å². The molecule has 2 heterocycles. The molecule has 2 aromatic carbocycles. The molecule has 2 aliphatic heterocycles. The number of imide groups is 2. The maximum absolute atomic E-state index is 12.8. The van der Waals surface area contributed by atoms with Crippen molar-refractivity contribution in [3.8, 4) is 0 Å². The quantitative estimate of drug-likeness (QED) is 0.759. The van der Waals surface area contributed by atoms with Gasteiger partial charge in [0.1, 0.15) is 0 Å². The van der Waals surface area contributed by atoms with Crippen molar-refractivity contribution in [2.45, 2.75) is 0 Å². The van der Waals surface area contributed by atoms with Crippen LogP contribution in [0.1, 0.15) is 10.4 Å². The van der Waals surface area contributed by atoms with Gasteiger partial charge in [0, 0.05) is 11.3 Å². The molecule has 5 rings (SSSR count). The molecule has 0 spiro atoms. The van der Waals surface area contributed by atoms with Crippen LogP contribution in [0.2, 0.25) is 0 Å². The Morgan fingerprint density at radius 1 is 0.759 bits per heavy atom. The third kappa shape index (κ3) is 2.42. The van der Waals surface area contributed by atoms with Crippen LogP contribution in [0.4, 0.5) is 11.4 Å². The zero-order valence-electron chi connectivity index (χ0n) is 15.0. The van der Waals surface area contributed by atoms with E-state index in [1.165, 1.54) is 24.3 Å². The van der Waals surface area contributed by atoms with Gasteiger partial charge in [0.25, 0.3) is 5.91 Å². The van der Waals surface area contributed by atoms with Crippen molar-refractivity contribution in [2.24, 2.45) is 23.7 Å². The third-order valence-corrected chi connectivity index (χ3v) is 5.83. The Morgan fingerprint density at radius 3 is 1.86 bits per heavy atom. The molecule has 29 heavy (non-hydrogen) atoms. The topological polar surface area (TPSA) is 113 Å². The van der Waals surface area contributed by atoms with E-state index in [-0.39, 0.29) is 5.91 Å². The molecule has 1 aliphatic carbocycles. The maximum atomic E-state index is 12.8. The smallest absolute Gasteiger partial charge is 0.255 e. The fraction of sp³-hybridized carbons (Fsp3) is 0.190. The van der Waals surface area contributed by atoms with E-state index in [2.05, 4.69) is 10.6 Å². The van der Waals surface area contributed by atoms with E-state index in [1.807, 2.05) is 6.07 Å². The summed E-state index contributed by atoms with van der Waals surface area (Å²) in [5, 5.41) is 4.95. The Labute approximate surface area is 164 Å². The Balaban J connectivity index is 1.36. The van der Waals surface area contributed by atoms with Crippen LogP contribution in [0, 0.1) is 23.7 Å². The molecule has 8 heteroatoms. The fourth-order valence-electron chi connectivity index (χ4n) is 4.45. The van der Waals surface area contributed by atoms with E-state index in [9.17, 15) is 24.0 Å². The molecule has 3 aliphatic rings. The molecule has 4 atom stereocenters. The zero-order chi connectivity index (χ0) is 20.3. The van der Waals surface area contributed by atoms with Crippen molar-refractivity contribution < 1.29 is 24.0 Å². The van der Waals surface area contributed by atoms with Crippen molar-refractivity contribution in [1.29, 1.82) is 0 Å². The van der Waals surface area contributed by atoms with Gasteiger partial charge in [-0.25, -0.2) is 0 Å². The minimum absolute atomic E-state index is 0.316. The predicted octanol–water partition coefficient (Wildman–Crippen LogP) is 0.947. The molecule has 3 fully saturated rings. The average Bonchev–Trinajstić information content (AvgIpc) is 3.03. The number of amides is 5. The SMILES string of the molecule is O=C(Nc1ccccc1)c1ccc(N2C(=O)C3C4C(=O)NC(=O)C4C3C2=O)cc1. The second-order valence-electron chi connectivity index (χ2n) is 7.34. The van der Waals surface area contributed by atoms with Crippen LogP contribution in [0.25, 0.3) is 0 Å². The Hall–Kier alpha value is -3.81. The van der Waals surface area contributed by atoms with Crippen molar-refractivity contribution in [3.63, 3.8) is 0 Å². The summed E-state index contributed by atoms with van der Waals surface area (Å²) in [6.07, 6.45) is 0. The van der Waals surface area contributed by atoms with E-state index in [4.69, 9.17) is 0 Å². The van der Waals surface area contributed by atoms with E-state index in [0.29, 0.717) is 16.9 Å². The molecule has 2 saturated heterocycles. The Bertz CT molecular complexity index is 1040. The molecule has 2 N–H and O–H groups in total. The second-order valence-corrected chi connectivity index (χ2v) is 7.34. The summed E-state index contributed by atoms with van der Waals surface area (Å²) in [6, 6.07) is 15.0. The number of carbonyl (C=O) groups is 5. The zero-order valence-corrected chi connectivity index (χ0v) is 15.0. The molecule has 0 bridgehead atoms. The van der Waals surface area contributed by atoms with Gasteiger partial charge in [0.2, 0.25) is 23.6 Å². The molecule has 8 nitrogen and oxygen atoms in total. The van der Waals surface area contributed by atoms with Gasteiger partial charge in [-0.3, -0.25) is 34.2 Å². The Kier molecular flexibility index (Phi) is 3.64. The van der Waals surface area contributed by atoms with Gasteiger partial charge in [-0.05, 0) is 36.4 Å². The highest BCUT2D eigenvalue weighted by molar-refractivity contribution is 6.27. The number of benzene rings is 2. The van der Waals surface area contributed by atoms with Gasteiger partial charge >= 0.3 is 0 Å². The first-order chi connectivity index (χ1) is 14.0. The van der Waals surface area contributed by atoms with Crippen LogP contribution >= 0.6 is 0 Å². The molecule has 1 saturated carbocycles. The number of carbonyl (C=O) groups excluding carboxylic acids is 5. The predicted molar refractivity (Wildman–Crippen MR) is 100 cm³/mol. The Morgan fingerprint density at radius 2 is 1.31 bits per heavy atom. The first-order valence-corrected chi connectivity index (χ1v) is 9.16. The van der Waals surface area contributed by atoms with Gasteiger partial charge < -0.3 is 5.32 Å². The maximum Gasteiger partial charge on any atom is 0.255 e. The molecule has 0 aromatic heterocycles. The minimum Gasteiger partial charge on any atom is -0.322 e. The van der Waals surface area contributed by atoms with Crippen molar-refractivity contribution >= 4 is 40.9 Å². The lowest BCUT2D eigenvalue weighted by Gasteiger charge is -2.36. The number of hydrogen-bond acceptors (Lipinski definition) is 5. The summed E-state index contributed by atoms with van der Waals surface area (Å²) < 4.78 is 0. The highest BCUT2D eigenvalue weighted by atomic mass is 16.2. The fourth-order valence-corrected chi connectivity index (χ4v) is 4.45. The first-order valence-electron chi connectivity index (χ1n) is 9.16. The summed E-state index contributed by atoms with van der Waals surface area (Å²) in [5.74, 6) is -5.36. The van der Waals surface area contributed by atoms with E-state index >= 15 is 0 Å². The van der Waals surface area contributed by atoms with E-state index in [0.717, 1.165) is 4.90 Å².